The summed E-state index contributed by atoms with van der Waals surface area (Å²) in [5.41, 5.74) is 0. The van der Waals surface area contributed by atoms with E-state index >= 15 is 0 Å². The van der Waals surface area contributed by atoms with Crippen LogP contribution in [0, 0.1) is 0 Å². The Hall–Kier alpha value is -0.655. The fourth-order valence-corrected chi connectivity index (χ4v) is 4.34. The molecule has 0 aromatic rings. The molecule has 0 aliphatic heterocycles. The fourth-order valence-electron chi connectivity index (χ4n) is 4.34. The molecule has 2 heteroatoms. The van der Waals surface area contributed by atoms with Gasteiger partial charge in [-0.3, -0.25) is 0 Å². The van der Waals surface area contributed by atoms with Crippen molar-refractivity contribution in [3.63, 3.8) is 0 Å². The Kier molecular flexibility index (Phi) is 5.27. The first-order valence-electron chi connectivity index (χ1n) is 8.97. The van der Waals surface area contributed by atoms with Crippen LogP contribution in [0.2, 0.25) is 11.6 Å². The first-order valence-corrected chi connectivity index (χ1v) is 8.97. The average molecular weight is 272 g/mol. The molecular formula is C18H29BO. The van der Waals surface area contributed by atoms with E-state index in [0.717, 1.165) is 23.8 Å². The number of allylic oxidation sites excluding steroid dienone is 3. The highest BCUT2D eigenvalue weighted by Crippen LogP contribution is 2.42. The number of hydrogen-bond acceptors (Lipinski definition) is 1. The fraction of sp³-hybridized carbons (Fsp3) is 0.778. The highest BCUT2D eigenvalue weighted by atomic mass is 16.4. The molecule has 3 aliphatic rings. The van der Waals surface area contributed by atoms with Crippen LogP contribution in [-0.4, -0.2) is 6.92 Å². The molecule has 0 N–H and O–H groups in total. The minimum Gasteiger partial charge on any atom is -0.560 e. The lowest BCUT2D eigenvalue weighted by Gasteiger charge is -2.35. The smallest absolute Gasteiger partial charge is 0.363 e. The third-order valence-electron chi connectivity index (χ3n) is 5.46. The van der Waals surface area contributed by atoms with Crippen molar-refractivity contribution in [3.8, 4) is 0 Å². The molecule has 0 atom stereocenters. The van der Waals surface area contributed by atoms with Gasteiger partial charge in [0.05, 0.1) is 5.76 Å². The maximum atomic E-state index is 6.54. The molecule has 0 heterocycles. The van der Waals surface area contributed by atoms with Crippen molar-refractivity contribution in [3.05, 3.63) is 24.0 Å². The van der Waals surface area contributed by atoms with Gasteiger partial charge in [0.25, 0.3) is 0 Å². The van der Waals surface area contributed by atoms with E-state index in [1.807, 2.05) is 0 Å². The molecular weight excluding hydrogens is 243 g/mol. The van der Waals surface area contributed by atoms with E-state index in [9.17, 15) is 0 Å². The third-order valence-corrected chi connectivity index (χ3v) is 5.46. The van der Waals surface area contributed by atoms with E-state index in [2.05, 4.69) is 18.2 Å². The maximum Gasteiger partial charge on any atom is 0.363 e. The molecule has 0 aromatic carbocycles. The molecule has 1 nitrogen and oxygen atoms in total. The Balaban J connectivity index is 1.67. The molecule has 3 aliphatic carbocycles. The molecule has 2 saturated carbocycles. The second-order valence-corrected chi connectivity index (χ2v) is 6.96. The van der Waals surface area contributed by atoms with Gasteiger partial charge in [-0.2, -0.15) is 0 Å². The summed E-state index contributed by atoms with van der Waals surface area (Å²) in [5.74, 6) is 2.81. The van der Waals surface area contributed by atoms with Crippen molar-refractivity contribution in [2.75, 3.05) is 0 Å². The molecule has 3 rings (SSSR count). The Morgan fingerprint density at radius 3 is 1.90 bits per heavy atom. The van der Waals surface area contributed by atoms with Crippen molar-refractivity contribution in [1.82, 2.24) is 0 Å². The van der Waals surface area contributed by atoms with Crippen LogP contribution in [-0.2, 0) is 4.65 Å². The average Bonchev–Trinajstić information content (AvgIpc) is 2.55. The number of hydrogen-bond donors (Lipinski definition) is 0. The van der Waals surface area contributed by atoms with Gasteiger partial charge in [-0.15, -0.1) is 0 Å². The lowest BCUT2D eigenvalue weighted by atomic mass is 9.41. The van der Waals surface area contributed by atoms with Gasteiger partial charge in [-0.1, -0.05) is 70.3 Å². The van der Waals surface area contributed by atoms with Gasteiger partial charge < -0.3 is 4.65 Å². The lowest BCUT2D eigenvalue weighted by molar-refractivity contribution is 0.361. The Morgan fingerprint density at radius 1 is 0.800 bits per heavy atom. The largest absolute Gasteiger partial charge is 0.560 e. The molecule has 0 spiro atoms. The third kappa shape index (κ3) is 3.71. The van der Waals surface area contributed by atoms with Crippen LogP contribution in [0.15, 0.2) is 24.0 Å². The second-order valence-electron chi connectivity index (χ2n) is 6.96. The van der Waals surface area contributed by atoms with E-state index in [4.69, 9.17) is 4.65 Å². The normalized spacial score (nSPS) is 25.3. The summed E-state index contributed by atoms with van der Waals surface area (Å²) in [6, 6.07) is 0. The van der Waals surface area contributed by atoms with Gasteiger partial charge in [0.15, 0.2) is 0 Å². The Bertz CT molecular complexity index is 330. The van der Waals surface area contributed by atoms with Crippen LogP contribution < -0.4 is 0 Å². The van der Waals surface area contributed by atoms with Crippen molar-refractivity contribution in [2.24, 2.45) is 0 Å². The molecule has 0 amide bonds. The molecule has 2 fully saturated rings. The number of rotatable bonds is 4. The van der Waals surface area contributed by atoms with Crippen LogP contribution in [0.25, 0.3) is 0 Å². The van der Waals surface area contributed by atoms with E-state index in [1.54, 1.807) is 0 Å². The van der Waals surface area contributed by atoms with Crippen molar-refractivity contribution in [2.45, 2.75) is 88.7 Å². The van der Waals surface area contributed by atoms with E-state index in [1.165, 1.54) is 70.6 Å². The zero-order valence-electron chi connectivity index (χ0n) is 12.9. The SMILES string of the molecule is C1=CC(OB(C2CCCCC2)C2CCCCC2)=CCC1. The van der Waals surface area contributed by atoms with Gasteiger partial charge in [-0.05, 0) is 36.6 Å². The second kappa shape index (κ2) is 7.38. The van der Waals surface area contributed by atoms with Crippen LogP contribution in [0.3, 0.4) is 0 Å². The predicted molar refractivity (Wildman–Crippen MR) is 87.0 cm³/mol. The Morgan fingerprint density at radius 2 is 1.40 bits per heavy atom. The van der Waals surface area contributed by atoms with Crippen molar-refractivity contribution in [1.29, 1.82) is 0 Å². The predicted octanol–water partition coefficient (Wildman–Crippen LogP) is 5.90. The minimum absolute atomic E-state index is 0.504. The monoisotopic (exact) mass is 272 g/mol. The van der Waals surface area contributed by atoms with Gasteiger partial charge in [0, 0.05) is 0 Å². The van der Waals surface area contributed by atoms with Crippen molar-refractivity contribution < 1.29 is 4.65 Å². The van der Waals surface area contributed by atoms with Crippen LogP contribution in [0.5, 0.6) is 0 Å². The quantitative estimate of drug-likeness (QED) is 0.579. The first kappa shape index (κ1) is 14.3. The van der Waals surface area contributed by atoms with E-state index in [-0.39, 0.29) is 0 Å². The summed E-state index contributed by atoms with van der Waals surface area (Å²) in [5, 5.41) is 0. The molecule has 20 heavy (non-hydrogen) atoms. The summed E-state index contributed by atoms with van der Waals surface area (Å²) in [6.45, 7) is 0.504. The minimum atomic E-state index is 0.504. The summed E-state index contributed by atoms with van der Waals surface area (Å²) >= 11 is 0. The van der Waals surface area contributed by atoms with Gasteiger partial charge >= 0.3 is 6.92 Å². The topological polar surface area (TPSA) is 9.23 Å². The standard InChI is InChI=1S/C18H29BO/c1-4-10-16(11-5-1)19(17-12-6-2-7-13-17)20-18-14-8-3-9-15-18/h8,14-17H,1-7,9-13H2. The van der Waals surface area contributed by atoms with Gasteiger partial charge in [0.2, 0.25) is 0 Å². The summed E-state index contributed by atoms with van der Waals surface area (Å²) in [4.78, 5) is 0. The molecule has 0 radical (unpaired) electrons. The maximum absolute atomic E-state index is 6.54. The highest BCUT2D eigenvalue weighted by Gasteiger charge is 2.38. The molecule has 0 aromatic heterocycles. The zero-order valence-corrected chi connectivity index (χ0v) is 12.9. The van der Waals surface area contributed by atoms with Crippen LogP contribution in [0.4, 0.5) is 0 Å². The van der Waals surface area contributed by atoms with E-state index < -0.39 is 0 Å². The molecule has 0 saturated heterocycles. The van der Waals surface area contributed by atoms with Crippen LogP contribution in [0.1, 0.15) is 77.0 Å². The summed E-state index contributed by atoms with van der Waals surface area (Å²) in [6.07, 6.45) is 23.3. The summed E-state index contributed by atoms with van der Waals surface area (Å²) in [7, 11) is 0. The zero-order chi connectivity index (χ0) is 13.6. The molecule has 110 valence electrons. The van der Waals surface area contributed by atoms with Gasteiger partial charge in [0.1, 0.15) is 0 Å². The van der Waals surface area contributed by atoms with E-state index in [0.29, 0.717) is 6.92 Å². The first-order chi connectivity index (χ1) is 9.93. The Labute approximate surface area is 125 Å². The van der Waals surface area contributed by atoms with Gasteiger partial charge in [-0.25, -0.2) is 0 Å². The molecule has 0 unspecified atom stereocenters. The van der Waals surface area contributed by atoms with Crippen LogP contribution >= 0.6 is 0 Å². The summed E-state index contributed by atoms with van der Waals surface area (Å²) < 4.78 is 6.54. The van der Waals surface area contributed by atoms with Crippen molar-refractivity contribution >= 4 is 6.92 Å². The highest BCUT2D eigenvalue weighted by molar-refractivity contribution is 6.55. The molecule has 0 bridgehead atoms. The lowest BCUT2D eigenvalue weighted by Crippen LogP contribution is -2.33.